The molecular formula is C48H33N5. The molecule has 9 aromatic rings. The van der Waals surface area contributed by atoms with Gasteiger partial charge in [-0.3, -0.25) is 0 Å². The van der Waals surface area contributed by atoms with Crippen molar-refractivity contribution in [1.29, 1.82) is 0 Å². The molecule has 0 bridgehead atoms. The van der Waals surface area contributed by atoms with Crippen LogP contribution >= 0.6 is 0 Å². The highest BCUT2D eigenvalue weighted by Crippen LogP contribution is 2.33. The molecule has 250 valence electrons. The number of nitrogens with zero attached hydrogens (tertiary/aromatic N) is 5. The Morgan fingerprint density at radius 1 is 0.321 bits per heavy atom. The molecule has 0 aliphatic rings. The molecule has 2 heterocycles. The topological polar surface area (TPSA) is 64.5 Å². The summed E-state index contributed by atoms with van der Waals surface area (Å²) in [7, 11) is 0. The van der Waals surface area contributed by atoms with Gasteiger partial charge in [-0.1, -0.05) is 170 Å². The lowest BCUT2D eigenvalue weighted by molar-refractivity contribution is 1.04. The summed E-state index contributed by atoms with van der Waals surface area (Å²) in [5.74, 6) is 2.61. The van der Waals surface area contributed by atoms with Crippen LogP contribution in [0.2, 0.25) is 0 Å². The van der Waals surface area contributed by atoms with E-state index >= 15 is 0 Å². The van der Waals surface area contributed by atoms with Crippen LogP contribution in [0, 0.1) is 0 Å². The lowest BCUT2D eigenvalue weighted by Crippen LogP contribution is -2.00. The Kier molecular flexibility index (Phi) is 8.56. The predicted octanol–water partition coefficient (Wildman–Crippen LogP) is 11.4. The molecule has 5 nitrogen and oxygen atoms in total. The summed E-state index contributed by atoms with van der Waals surface area (Å²) in [6, 6.07) is 64.4. The third-order valence-corrected chi connectivity index (χ3v) is 9.35. The van der Waals surface area contributed by atoms with Gasteiger partial charge in [0.25, 0.3) is 0 Å². The quantitative estimate of drug-likeness (QED) is 0.160. The average molecular weight is 680 g/mol. The van der Waals surface area contributed by atoms with E-state index in [-0.39, 0.29) is 0 Å². The lowest BCUT2D eigenvalue weighted by Gasteiger charge is -2.12. The Morgan fingerprint density at radius 2 is 0.811 bits per heavy atom. The van der Waals surface area contributed by atoms with E-state index in [1.54, 1.807) is 0 Å². The van der Waals surface area contributed by atoms with Crippen LogP contribution in [0.3, 0.4) is 0 Å². The van der Waals surface area contributed by atoms with Gasteiger partial charge in [0.2, 0.25) is 0 Å². The van der Waals surface area contributed by atoms with Gasteiger partial charge in [0, 0.05) is 39.9 Å². The molecule has 0 unspecified atom stereocenters. The van der Waals surface area contributed by atoms with Gasteiger partial charge < -0.3 is 0 Å². The fourth-order valence-electron chi connectivity index (χ4n) is 6.72. The van der Waals surface area contributed by atoms with Crippen LogP contribution in [0.5, 0.6) is 0 Å². The van der Waals surface area contributed by atoms with Crippen LogP contribution in [0.15, 0.2) is 188 Å². The van der Waals surface area contributed by atoms with Crippen molar-refractivity contribution in [2.75, 3.05) is 0 Å². The molecule has 0 saturated heterocycles. The van der Waals surface area contributed by atoms with Crippen LogP contribution in [0.1, 0.15) is 11.3 Å². The minimum Gasteiger partial charge on any atom is -0.233 e. The second kappa shape index (κ2) is 14.3. The van der Waals surface area contributed by atoms with Crippen molar-refractivity contribution in [1.82, 2.24) is 24.9 Å². The molecule has 0 saturated carbocycles. The Hall–Kier alpha value is -7.11. The number of aromatic nitrogens is 5. The van der Waals surface area contributed by atoms with Crippen LogP contribution < -0.4 is 0 Å². The largest absolute Gasteiger partial charge is 0.233 e. The SMILES string of the molecule is c1ccc(Cc2cc(-c3cccc(-c4cccc(-c5nc(-c6ccccc6)nc(-c6cccc7ccccc67)n5)c4)c3)nc(-c3ccccc3)n2)cc1. The second-order valence-corrected chi connectivity index (χ2v) is 13.0. The maximum Gasteiger partial charge on any atom is 0.164 e. The minimum atomic E-state index is 0.619. The van der Waals surface area contributed by atoms with E-state index in [0.717, 1.165) is 67.5 Å². The Morgan fingerprint density at radius 3 is 1.53 bits per heavy atom. The summed E-state index contributed by atoms with van der Waals surface area (Å²) in [4.78, 5) is 25.2. The van der Waals surface area contributed by atoms with Gasteiger partial charge in [0.05, 0.1) is 5.69 Å². The molecule has 0 spiro atoms. The zero-order valence-corrected chi connectivity index (χ0v) is 28.8. The zero-order chi connectivity index (χ0) is 35.4. The summed E-state index contributed by atoms with van der Waals surface area (Å²) in [6.45, 7) is 0. The Labute approximate surface area is 308 Å². The molecule has 0 N–H and O–H groups in total. The fourth-order valence-corrected chi connectivity index (χ4v) is 6.72. The highest BCUT2D eigenvalue weighted by Gasteiger charge is 2.16. The molecule has 5 heteroatoms. The fraction of sp³-hybridized carbons (Fsp3) is 0.0208. The number of rotatable bonds is 8. The molecule has 0 aliphatic carbocycles. The van der Waals surface area contributed by atoms with Crippen molar-refractivity contribution in [3.63, 3.8) is 0 Å². The maximum absolute atomic E-state index is 5.09. The van der Waals surface area contributed by atoms with Crippen LogP contribution in [0.4, 0.5) is 0 Å². The Balaban J connectivity index is 1.12. The van der Waals surface area contributed by atoms with Crippen molar-refractivity contribution in [2.45, 2.75) is 6.42 Å². The summed E-state index contributed by atoms with van der Waals surface area (Å²) in [6.07, 6.45) is 0.718. The monoisotopic (exact) mass is 679 g/mol. The van der Waals surface area contributed by atoms with Crippen molar-refractivity contribution in [3.05, 3.63) is 199 Å². The van der Waals surface area contributed by atoms with E-state index in [1.165, 1.54) is 5.56 Å². The van der Waals surface area contributed by atoms with Gasteiger partial charge in [-0.15, -0.1) is 0 Å². The van der Waals surface area contributed by atoms with Crippen LogP contribution in [-0.2, 0) is 6.42 Å². The molecular weight excluding hydrogens is 647 g/mol. The molecule has 7 aromatic carbocycles. The smallest absolute Gasteiger partial charge is 0.164 e. The number of hydrogen-bond donors (Lipinski definition) is 0. The van der Waals surface area contributed by atoms with Crippen LogP contribution in [-0.4, -0.2) is 24.9 Å². The third-order valence-electron chi connectivity index (χ3n) is 9.35. The minimum absolute atomic E-state index is 0.619. The summed E-state index contributed by atoms with van der Waals surface area (Å²) < 4.78 is 0. The molecule has 0 atom stereocenters. The van der Waals surface area contributed by atoms with E-state index in [1.807, 2.05) is 54.6 Å². The van der Waals surface area contributed by atoms with Gasteiger partial charge in [-0.05, 0) is 45.7 Å². The van der Waals surface area contributed by atoms with Gasteiger partial charge in [-0.25, -0.2) is 24.9 Å². The molecule has 2 aromatic heterocycles. The van der Waals surface area contributed by atoms with Gasteiger partial charge >= 0.3 is 0 Å². The van der Waals surface area contributed by atoms with E-state index in [4.69, 9.17) is 24.9 Å². The van der Waals surface area contributed by atoms with Gasteiger partial charge in [0.1, 0.15) is 0 Å². The first-order valence-corrected chi connectivity index (χ1v) is 17.7. The summed E-state index contributed by atoms with van der Waals surface area (Å²) in [5.41, 5.74) is 10.0. The predicted molar refractivity (Wildman–Crippen MR) is 215 cm³/mol. The highest BCUT2D eigenvalue weighted by molar-refractivity contribution is 5.95. The zero-order valence-electron chi connectivity index (χ0n) is 28.8. The van der Waals surface area contributed by atoms with Crippen molar-refractivity contribution < 1.29 is 0 Å². The maximum atomic E-state index is 5.09. The Bertz CT molecular complexity index is 2690. The van der Waals surface area contributed by atoms with Crippen molar-refractivity contribution in [2.24, 2.45) is 0 Å². The third kappa shape index (κ3) is 6.84. The van der Waals surface area contributed by atoms with Crippen molar-refractivity contribution in [3.8, 4) is 67.9 Å². The van der Waals surface area contributed by atoms with E-state index < -0.39 is 0 Å². The molecule has 0 aliphatic heterocycles. The first-order chi connectivity index (χ1) is 26.2. The van der Waals surface area contributed by atoms with E-state index in [0.29, 0.717) is 23.3 Å². The van der Waals surface area contributed by atoms with E-state index in [9.17, 15) is 0 Å². The molecule has 0 amide bonds. The van der Waals surface area contributed by atoms with Crippen LogP contribution in [0.25, 0.3) is 78.7 Å². The van der Waals surface area contributed by atoms with Gasteiger partial charge in [0.15, 0.2) is 23.3 Å². The molecule has 0 fully saturated rings. The molecule has 53 heavy (non-hydrogen) atoms. The molecule has 9 rings (SSSR count). The first kappa shape index (κ1) is 31.8. The molecule has 0 radical (unpaired) electrons. The second-order valence-electron chi connectivity index (χ2n) is 13.0. The average Bonchev–Trinajstić information content (AvgIpc) is 3.24. The highest BCUT2D eigenvalue weighted by atomic mass is 15.0. The lowest BCUT2D eigenvalue weighted by atomic mass is 9.99. The number of benzene rings is 7. The number of fused-ring (bicyclic) bond motifs is 1. The van der Waals surface area contributed by atoms with E-state index in [2.05, 4.69) is 133 Å². The van der Waals surface area contributed by atoms with Gasteiger partial charge in [-0.2, -0.15) is 0 Å². The summed E-state index contributed by atoms with van der Waals surface area (Å²) in [5, 5.41) is 2.24. The summed E-state index contributed by atoms with van der Waals surface area (Å²) >= 11 is 0. The normalized spacial score (nSPS) is 11.1. The van der Waals surface area contributed by atoms with Crippen molar-refractivity contribution >= 4 is 10.8 Å². The standard InChI is InChI=1S/C48H33N5/c1-4-15-33(16-5-1)29-41-32-44(50-45(49-41)35-18-6-2-7-19-35)39-25-12-23-37(30-39)38-24-13-26-40(31-38)47-51-46(36-20-8-3-9-21-36)52-48(53-47)43-28-14-22-34-17-10-11-27-42(34)43/h1-28,30-32H,29H2. The number of hydrogen-bond acceptors (Lipinski definition) is 5. The first-order valence-electron chi connectivity index (χ1n) is 17.7.